The Bertz CT molecular complexity index is 642. The summed E-state index contributed by atoms with van der Waals surface area (Å²) in [5, 5.41) is 4.15. The van der Waals surface area contributed by atoms with Gasteiger partial charge in [0.2, 0.25) is 0 Å². The van der Waals surface area contributed by atoms with Gasteiger partial charge in [-0.3, -0.25) is 0 Å². The van der Waals surface area contributed by atoms with Crippen LogP contribution >= 0.6 is 11.6 Å². The van der Waals surface area contributed by atoms with E-state index in [4.69, 9.17) is 22.1 Å². The van der Waals surface area contributed by atoms with Crippen molar-refractivity contribution in [2.24, 2.45) is 0 Å². The standard InChI is InChI=1S/C16H17ClN2O/c1-20-16-7-4-12(9-14(16)17)19-15-6-2-10-8-11(18)3-5-13(10)15/h3-5,7-9,15,19H,2,6,18H2,1H3. The lowest BCUT2D eigenvalue weighted by atomic mass is 10.1. The van der Waals surface area contributed by atoms with Crippen LogP contribution in [0, 0.1) is 0 Å². The molecule has 104 valence electrons. The van der Waals surface area contributed by atoms with Gasteiger partial charge in [-0.1, -0.05) is 17.7 Å². The minimum absolute atomic E-state index is 0.315. The van der Waals surface area contributed by atoms with Crippen molar-refractivity contribution in [2.75, 3.05) is 18.2 Å². The molecule has 0 saturated heterocycles. The van der Waals surface area contributed by atoms with Crippen molar-refractivity contribution >= 4 is 23.0 Å². The highest BCUT2D eigenvalue weighted by Gasteiger charge is 2.22. The maximum atomic E-state index is 6.15. The summed E-state index contributed by atoms with van der Waals surface area (Å²) in [6, 6.07) is 12.2. The first-order valence-electron chi connectivity index (χ1n) is 6.66. The number of anilines is 2. The Labute approximate surface area is 123 Å². The molecule has 1 atom stereocenters. The van der Waals surface area contributed by atoms with Crippen LogP contribution in [0.3, 0.4) is 0 Å². The van der Waals surface area contributed by atoms with E-state index in [0.717, 1.165) is 24.2 Å². The number of hydrogen-bond donors (Lipinski definition) is 2. The quantitative estimate of drug-likeness (QED) is 0.838. The van der Waals surface area contributed by atoms with E-state index in [9.17, 15) is 0 Å². The zero-order valence-electron chi connectivity index (χ0n) is 11.3. The average molecular weight is 289 g/mol. The van der Waals surface area contributed by atoms with E-state index in [2.05, 4.69) is 17.4 Å². The monoisotopic (exact) mass is 288 g/mol. The molecule has 2 aromatic carbocycles. The highest BCUT2D eigenvalue weighted by atomic mass is 35.5. The molecule has 0 spiro atoms. The minimum atomic E-state index is 0.315. The van der Waals surface area contributed by atoms with Gasteiger partial charge in [-0.2, -0.15) is 0 Å². The van der Waals surface area contributed by atoms with E-state index in [-0.39, 0.29) is 0 Å². The van der Waals surface area contributed by atoms with Crippen LogP contribution in [-0.4, -0.2) is 7.11 Å². The Morgan fingerprint density at radius 1 is 1.25 bits per heavy atom. The summed E-state index contributed by atoms with van der Waals surface area (Å²) in [4.78, 5) is 0. The molecule has 0 radical (unpaired) electrons. The van der Waals surface area contributed by atoms with Crippen molar-refractivity contribution in [3.63, 3.8) is 0 Å². The van der Waals surface area contributed by atoms with Gasteiger partial charge >= 0.3 is 0 Å². The van der Waals surface area contributed by atoms with Crippen molar-refractivity contribution < 1.29 is 4.74 Å². The van der Waals surface area contributed by atoms with Gasteiger partial charge < -0.3 is 15.8 Å². The number of benzene rings is 2. The first kappa shape index (κ1) is 13.1. The Kier molecular flexibility index (Phi) is 3.45. The molecule has 0 amide bonds. The van der Waals surface area contributed by atoms with Gasteiger partial charge in [0.15, 0.2) is 0 Å². The molecule has 0 heterocycles. The van der Waals surface area contributed by atoms with E-state index in [0.29, 0.717) is 16.8 Å². The summed E-state index contributed by atoms with van der Waals surface area (Å²) in [5.74, 6) is 0.691. The molecule has 3 rings (SSSR count). The average Bonchev–Trinajstić information content (AvgIpc) is 2.81. The third-order valence-electron chi connectivity index (χ3n) is 3.74. The molecule has 4 heteroatoms. The Morgan fingerprint density at radius 3 is 2.85 bits per heavy atom. The van der Waals surface area contributed by atoms with Crippen LogP contribution in [0.2, 0.25) is 5.02 Å². The molecule has 1 aliphatic carbocycles. The molecule has 2 aromatic rings. The molecule has 1 aliphatic rings. The summed E-state index contributed by atoms with van der Waals surface area (Å²) >= 11 is 6.15. The highest BCUT2D eigenvalue weighted by molar-refractivity contribution is 6.32. The third kappa shape index (κ3) is 2.41. The van der Waals surface area contributed by atoms with Crippen LogP contribution < -0.4 is 15.8 Å². The SMILES string of the molecule is COc1ccc(NC2CCc3cc(N)ccc32)cc1Cl. The Hall–Kier alpha value is -1.87. The van der Waals surface area contributed by atoms with Crippen LogP contribution in [0.25, 0.3) is 0 Å². The van der Waals surface area contributed by atoms with E-state index in [1.165, 1.54) is 11.1 Å². The van der Waals surface area contributed by atoms with Crippen LogP contribution in [0.15, 0.2) is 36.4 Å². The van der Waals surface area contributed by atoms with Crippen LogP contribution in [0.1, 0.15) is 23.6 Å². The highest BCUT2D eigenvalue weighted by Crippen LogP contribution is 2.36. The van der Waals surface area contributed by atoms with Gasteiger partial charge in [-0.05, 0) is 54.3 Å². The summed E-state index contributed by atoms with van der Waals surface area (Å²) in [6.07, 6.45) is 2.13. The lowest BCUT2D eigenvalue weighted by Crippen LogP contribution is -2.07. The van der Waals surface area contributed by atoms with Crippen LogP contribution in [0.4, 0.5) is 11.4 Å². The van der Waals surface area contributed by atoms with Gasteiger partial charge in [0, 0.05) is 11.4 Å². The second-order valence-corrected chi connectivity index (χ2v) is 5.45. The predicted molar refractivity (Wildman–Crippen MR) is 83.5 cm³/mol. The number of halogens is 1. The van der Waals surface area contributed by atoms with Gasteiger partial charge in [0.25, 0.3) is 0 Å². The van der Waals surface area contributed by atoms with E-state index >= 15 is 0 Å². The second kappa shape index (κ2) is 5.25. The fourth-order valence-corrected chi connectivity index (χ4v) is 3.00. The minimum Gasteiger partial charge on any atom is -0.495 e. The number of nitrogen functional groups attached to an aromatic ring is 1. The predicted octanol–water partition coefficient (Wildman–Crippen LogP) is 4.03. The molecule has 0 aliphatic heterocycles. The number of rotatable bonds is 3. The van der Waals surface area contributed by atoms with Gasteiger partial charge in [0.05, 0.1) is 18.2 Å². The molecule has 0 aromatic heterocycles. The van der Waals surface area contributed by atoms with Crippen molar-refractivity contribution in [3.8, 4) is 5.75 Å². The van der Waals surface area contributed by atoms with Gasteiger partial charge in [-0.25, -0.2) is 0 Å². The van der Waals surface area contributed by atoms with E-state index in [1.807, 2.05) is 24.3 Å². The van der Waals surface area contributed by atoms with Crippen LogP contribution in [-0.2, 0) is 6.42 Å². The second-order valence-electron chi connectivity index (χ2n) is 5.04. The third-order valence-corrected chi connectivity index (χ3v) is 4.03. The summed E-state index contributed by atoms with van der Waals surface area (Å²) in [7, 11) is 1.62. The van der Waals surface area contributed by atoms with Crippen molar-refractivity contribution in [1.29, 1.82) is 0 Å². The van der Waals surface area contributed by atoms with Crippen molar-refractivity contribution in [2.45, 2.75) is 18.9 Å². The number of aryl methyl sites for hydroxylation is 1. The first-order valence-corrected chi connectivity index (χ1v) is 7.03. The molecular formula is C16H17ClN2O. The lowest BCUT2D eigenvalue weighted by molar-refractivity contribution is 0.415. The number of nitrogens with one attached hydrogen (secondary N) is 1. The molecule has 3 N–H and O–H groups in total. The van der Waals surface area contributed by atoms with Crippen molar-refractivity contribution in [1.82, 2.24) is 0 Å². The molecule has 0 bridgehead atoms. The summed E-state index contributed by atoms with van der Waals surface area (Å²) in [5.41, 5.74) is 10.3. The Morgan fingerprint density at radius 2 is 2.10 bits per heavy atom. The molecule has 20 heavy (non-hydrogen) atoms. The topological polar surface area (TPSA) is 47.3 Å². The number of methoxy groups -OCH3 is 1. The molecule has 1 unspecified atom stereocenters. The zero-order valence-corrected chi connectivity index (χ0v) is 12.1. The maximum absolute atomic E-state index is 6.15. The molecule has 0 fully saturated rings. The summed E-state index contributed by atoms with van der Waals surface area (Å²) < 4.78 is 5.17. The van der Waals surface area contributed by atoms with E-state index in [1.54, 1.807) is 7.11 Å². The fraction of sp³-hybridized carbons (Fsp3) is 0.250. The largest absolute Gasteiger partial charge is 0.495 e. The van der Waals surface area contributed by atoms with Gasteiger partial charge in [-0.15, -0.1) is 0 Å². The Balaban J connectivity index is 1.82. The molecular weight excluding hydrogens is 272 g/mol. The molecule has 0 saturated carbocycles. The van der Waals surface area contributed by atoms with E-state index < -0.39 is 0 Å². The van der Waals surface area contributed by atoms with Gasteiger partial charge in [0.1, 0.15) is 5.75 Å². The number of ether oxygens (including phenoxy) is 1. The number of hydrogen-bond acceptors (Lipinski definition) is 3. The number of nitrogens with two attached hydrogens (primary N) is 1. The normalized spacial score (nSPS) is 16.8. The fourth-order valence-electron chi connectivity index (χ4n) is 2.74. The first-order chi connectivity index (χ1) is 9.67. The summed E-state index contributed by atoms with van der Waals surface area (Å²) in [6.45, 7) is 0. The van der Waals surface area contributed by atoms with Crippen LogP contribution in [0.5, 0.6) is 5.75 Å². The zero-order chi connectivity index (χ0) is 14.1. The maximum Gasteiger partial charge on any atom is 0.137 e. The van der Waals surface area contributed by atoms with Crippen molar-refractivity contribution in [3.05, 3.63) is 52.5 Å². The number of fused-ring (bicyclic) bond motifs is 1. The smallest absolute Gasteiger partial charge is 0.137 e. The molecule has 3 nitrogen and oxygen atoms in total. The lowest BCUT2D eigenvalue weighted by Gasteiger charge is -2.16.